The van der Waals surface area contributed by atoms with Gasteiger partial charge in [0.25, 0.3) is 17.7 Å². The summed E-state index contributed by atoms with van der Waals surface area (Å²) in [5.74, 6) is -3.41. The molecular formula is C28H24ClF3N4O3S. The summed E-state index contributed by atoms with van der Waals surface area (Å²) in [4.78, 5) is 40.6. The molecule has 1 unspecified atom stereocenters. The molecule has 12 heteroatoms. The highest BCUT2D eigenvalue weighted by atomic mass is 35.5. The molecule has 40 heavy (non-hydrogen) atoms. The Kier molecular flexibility index (Phi) is 7.70. The van der Waals surface area contributed by atoms with E-state index in [9.17, 15) is 27.6 Å². The van der Waals surface area contributed by atoms with E-state index < -0.39 is 35.9 Å². The predicted octanol–water partition coefficient (Wildman–Crippen LogP) is 6.13. The Bertz CT molecular complexity index is 1510. The number of halogens is 4. The molecule has 1 N–H and O–H groups in total. The normalized spacial score (nSPS) is 17.7. The van der Waals surface area contributed by atoms with Crippen molar-refractivity contribution in [2.24, 2.45) is 5.92 Å². The number of benzene rings is 1. The van der Waals surface area contributed by atoms with Crippen LogP contribution in [0.2, 0.25) is 4.34 Å². The standard InChI is InChI=1S/C28H24ClF3N4O3S/c1-2-36-22(11-12-33-36)20-14-23(40-24(20)29)25(37)34-17(13-16-7-3-6-10-21(16)28(30,31)32)15-35-26(38)18-8-4-5-9-19(18)27(35)39/h3-9,11-12,14,17,21H,2,10,13,15H2,1H3,(H,34,37)/t17-,21?/m0/s1. The van der Waals surface area contributed by atoms with Crippen molar-refractivity contribution in [3.8, 4) is 11.3 Å². The number of nitrogens with zero attached hydrogens (tertiary/aromatic N) is 3. The van der Waals surface area contributed by atoms with Crippen LogP contribution in [-0.2, 0) is 6.54 Å². The van der Waals surface area contributed by atoms with Crippen molar-refractivity contribution in [3.05, 3.63) is 86.7 Å². The number of carbonyl (C=O) groups is 3. The largest absolute Gasteiger partial charge is 0.395 e. The van der Waals surface area contributed by atoms with Crippen molar-refractivity contribution < 1.29 is 27.6 Å². The number of fused-ring (bicyclic) bond motifs is 1. The molecule has 1 aliphatic heterocycles. The lowest BCUT2D eigenvalue weighted by Crippen LogP contribution is -2.46. The molecule has 2 aliphatic rings. The molecule has 0 spiro atoms. The number of carbonyl (C=O) groups excluding carboxylic acids is 3. The van der Waals surface area contributed by atoms with Crippen molar-refractivity contribution in [1.82, 2.24) is 20.0 Å². The summed E-state index contributed by atoms with van der Waals surface area (Å²) in [5.41, 5.74) is 1.82. The summed E-state index contributed by atoms with van der Waals surface area (Å²) >= 11 is 7.48. The van der Waals surface area contributed by atoms with Crippen LogP contribution < -0.4 is 5.32 Å². The highest BCUT2D eigenvalue weighted by Crippen LogP contribution is 2.39. The third kappa shape index (κ3) is 5.35. The van der Waals surface area contributed by atoms with Crippen LogP contribution >= 0.6 is 22.9 Å². The zero-order valence-corrected chi connectivity index (χ0v) is 22.8. The number of alkyl halides is 3. The molecule has 7 nitrogen and oxygen atoms in total. The van der Waals surface area contributed by atoms with Gasteiger partial charge in [0.05, 0.1) is 33.7 Å². The average molecular weight is 589 g/mol. The zero-order valence-electron chi connectivity index (χ0n) is 21.2. The maximum Gasteiger partial charge on any atom is 0.395 e. The lowest BCUT2D eigenvalue weighted by atomic mass is 9.86. The van der Waals surface area contributed by atoms with Crippen LogP contribution in [0.15, 0.2) is 66.4 Å². The van der Waals surface area contributed by atoms with Gasteiger partial charge in [-0.15, -0.1) is 11.3 Å². The molecule has 0 fully saturated rings. The minimum absolute atomic E-state index is 0.0636. The summed E-state index contributed by atoms with van der Waals surface area (Å²) in [6, 6.07) is 8.69. The summed E-state index contributed by atoms with van der Waals surface area (Å²) in [7, 11) is 0. The van der Waals surface area contributed by atoms with Crippen LogP contribution in [-0.4, -0.2) is 51.2 Å². The third-order valence-corrected chi connectivity index (χ3v) is 8.32. The molecule has 1 aliphatic carbocycles. The number of imide groups is 1. The molecule has 1 aromatic carbocycles. The summed E-state index contributed by atoms with van der Waals surface area (Å²) < 4.78 is 43.5. The summed E-state index contributed by atoms with van der Waals surface area (Å²) in [6.45, 7) is 2.21. The lowest BCUT2D eigenvalue weighted by molar-refractivity contribution is -0.164. The van der Waals surface area contributed by atoms with Gasteiger partial charge in [-0.3, -0.25) is 24.0 Å². The number of amides is 3. The molecule has 2 aromatic heterocycles. The molecule has 0 saturated heterocycles. The second kappa shape index (κ2) is 11.1. The van der Waals surface area contributed by atoms with Crippen LogP contribution in [0, 0.1) is 5.92 Å². The fraction of sp³-hybridized carbons (Fsp3) is 0.286. The van der Waals surface area contributed by atoms with E-state index in [0.717, 1.165) is 21.9 Å². The fourth-order valence-corrected chi connectivity index (χ4v) is 6.22. The molecule has 3 aromatic rings. The average Bonchev–Trinajstić information content (AvgIpc) is 3.61. The first-order valence-electron chi connectivity index (χ1n) is 12.6. The molecule has 3 amide bonds. The molecule has 0 saturated carbocycles. The molecule has 0 radical (unpaired) electrons. The molecule has 208 valence electrons. The Labute approximate surface area is 236 Å². The number of rotatable bonds is 8. The maximum atomic E-state index is 13.8. The number of thiophene rings is 1. The van der Waals surface area contributed by atoms with Gasteiger partial charge in [0.15, 0.2) is 0 Å². The highest BCUT2D eigenvalue weighted by Gasteiger charge is 2.43. The van der Waals surface area contributed by atoms with E-state index in [1.807, 2.05) is 6.92 Å². The van der Waals surface area contributed by atoms with E-state index in [-0.39, 0.29) is 41.0 Å². The van der Waals surface area contributed by atoms with Crippen LogP contribution in [0.25, 0.3) is 11.3 Å². The predicted molar refractivity (Wildman–Crippen MR) is 145 cm³/mol. The fourth-order valence-electron chi connectivity index (χ4n) is 5.02. The van der Waals surface area contributed by atoms with Crippen molar-refractivity contribution in [3.63, 3.8) is 0 Å². The van der Waals surface area contributed by atoms with Gasteiger partial charge in [0.2, 0.25) is 0 Å². The quantitative estimate of drug-likeness (QED) is 0.321. The third-order valence-electron chi connectivity index (χ3n) is 6.96. The Morgan fingerprint density at radius 1 is 1.18 bits per heavy atom. The number of aromatic nitrogens is 2. The number of hydrogen-bond donors (Lipinski definition) is 1. The van der Waals surface area contributed by atoms with Crippen LogP contribution in [0.1, 0.15) is 50.2 Å². The van der Waals surface area contributed by atoms with Gasteiger partial charge in [-0.05, 0) is 44.0 Å². The van der Waals surface area contributed by atoms with Crippen LogP contribution in [0.3, 0.4) is 0 Å². The minimum atomic E-state index is -4.49. The van der Waals surface area contributed by atoms with E-state index in [4.69, 9.17) is 11.6 Å². The van der Waals surface area contributed by atoms with Crippen molar-refractivity contribution in [2.75, 3.05) is 6.54 Å². The van der Waals surface area contributed by atoms with Crippen molar-refractivity contribution >= 4 is 40.7 Å². The first-order chi connectivity index (χ1) is 19.1. The Hall–Kier alpha value is -3.70. The molecule has 3 heterocycles. The number of allylic oxidation sites excluding steroid dienone is 3. The van der Waals surface area contributed by atoms with Gasteiger partial charge in [0.1, 0.15) is 4.34 Å². The van der Waals surface area contributed by atoms with Gasteiger partial charge < -0.3 is 5.32 Å². The van der Waals surface area contributed by atoms with Crippen molar-refractivity contribution in [2.45, 2.75) is 38.5 Å². The summed E-state index contributed by atoms with van der Waals surface area (Å²) in [5, 5.41) is 7.00. The number of aryl methyl sites for hydroxylation is 1. The van der Waals surface area contributed by atoms with Crippen molar-refractivity contribution in [1.29, 1.82) is 0 Å². The van der Waals surface area contributed by atoms with Gasteiger partial charge in [-0.2, -0.15) is 18.3 Å². The Balaban J connectivity index is 1.43. The van der Waals surface area contributed by atoms with Crippen LogP contribution in [0.4, 0.5) is 13.2 Å². The van der Waals surface area contributed by atoms with E-state index in [2.05, 4.69) is 10.4 Å². The SMILES string of the molecule is CCn1nccc1-c1cc(C(=O)N[C@@H](CC2=CC=CCC2C(F)(F)F)CN2C(=O)c3ccccc3C2=O)sc1Cl. The van der Waals surface area contributed by atoms with Gasteiger partial charge >= 0.3 is 6.18 Å². The van der Waals surface area contributed by atoms with E-state index in [1.165, 1.54) is 24.3 Å². The lowest BCUT2D eigenvalue weighted by Gasteiger charge is -2.29. The highest BCUT2D eigenvalue weighted by molar-refractivity contribution is 7.18. The summed E-state index contributed by atoms with van der Waals surface area (Å²) in [6.07, 6.45) is 1.07. The first kappa shape index (κ1) is 27.9. The molecular weight excluding hydrogens is 565 g/mol. The zero-order chi connectivity index (χ0) is 28.6. The smallest absolute Gasteiger partial charge is 0.346 e. The van der Waals surface area contributed by atoms with Gasteiger partial charge in [-0.1, -0.05) is 47.5 Å². The Morgan fingerprint density at radius 2 is 1.88 bits per heavy atom. The number of hydrogen-bond acceptors (Lipinski definition) is 5. The second-order valence-corrected chi connectivity index (χ2v) is 11.1. The first-order valence-corrected chi connectivity index (χ1v) is 13.8. The van der Waals surface area contributed by atoms with Gasteiger partial charge in [0, 0.05) is 24.8 Å². The van der Waals surface area contributed by atoms with E-state index >= 15 is 0 Å². The number of nitrogens with one attached hydrogen (secondary N) is 1. The van der Waals surface area contributed by atoms with Crippen LogP contribution in [0.5, 0.6) is 0 Å². The van der Waals surface area contributed by atoms with E-state index in [0.29, 0.717) is 16.4 Å². The molecule has 5 rings (SSSR count). The van der Waals surface area contributed by atoms with E-state index in [1.54, 1.807) is 41.2 Å². The topological polar surface area (TPSA) is 84.3 Å². The molecule has 0 bridgehead atoms. The maximum absolute atomic E-state index is 13.8. The molecule has 2 atom stereocenters. The monoisotopic (exact) mass is 588 g/mol. The van der Waals surface area contributed by atoms with Gasteiger partial charge in [-0.25, -0.2) is 0 Å². The Morgan fingerprint density at radius 3 is 2.52 bits per heavy atom. The second-order valence-electron chi connectivity index (χ2n) is 9.47. The minimum Gasteiger partial charge on any atom is -0.346 e.